The summed E-state index contributed by atoms with van der Waals surface area (Å²) >= 11 is 0. The van der Waals surface area contributed by atoms with E-state index in [9.17, 15) is 5.11 Å². The zero-order valence-electron chi connectivity index (χ0n) is 7.20. The van der Waals surface area contributed by atoms with Crippen LogP contribution in [0, 0.1) is 29.6 Å². The molecule has 0 fully saturated rings. The van der Waals surface area contributed by atoms with Gasteiger partial charge in [-0.2, -0.15) is 10.5 Å². The van der Waals surface area contributed by atoms with Crippen LogP contribution in [0.3, 0.4) is 0 Å². The second kappa shape index (κ2) is 3.60. The fourth-order valence-electron chi connectivity index (χ4n) is 1.16. The number of hydrogen-bond donors (Lipinski definition) is 1. The molecule has 0 aliphatic carbocycles. The van der Waals surface area contributed by atoms with Crippen molar-refractivity contribution in [3.8, 4) is 17.9 Å². The molecule has 0 aliphatic rings. The van der Waals surface area contributed by atoms with Crippen LogP contribution >= 0.6 is 0 Å². The van der Waals surface area contributed by atoms with Gasteiger partial charge in [-0.05, 0) is 24.6 Å². The summed E-state index contributed by atoms with van der Waals surface area (Å²) in [6.07, 6.45) is 0.0645. The second-order valence-corrected chi connectivity index (χ2v) is 2.76. The maximum Gasteiger partial charge on any atom is 0.121 e. The number of phenolic OH excluding ortho intramolecular Hbond substituents is 1. The second-order valence-electron chi connectivity index (χ2n) is 2.76. The van der Waals surface area contributed by atoms with Gasteiger partial charge in [0.25, 0.3) is 0 Å². The molecule has 1 rings (SSSR count). The Hall–Kier alpha value is -2.00. The zero-order valence-corrected chi connectivity index (χ0v) is 7.20. The molecular formula is C10H8N2O. The monoisotopic (exact) mass is 172 g/mol. The van der Waals surface area contributed by atoms with E-state index >= 15 is 0 Å². The van der Waals surface area contributed by atoms with Crippen molar-refractivity contribution in [3.63, 3.8) is 0 Å². The number of rotatable bonds is 1. The summed E-state index contributed by atoms with van der Waals surface area (Å²) in [6, 6.07) is 7.07. The summed E-state index contributed by atoms with van der Waals surface area (Å²) in [7, 11) is 0. The smallest absolute Gasteiger partial charge is 0.121 e. The van der Waals surface area contributed by atoms with Gasteiger partial charge < -0.3 is 5.11 Å². The lowest BCUT2D eigenvalue weighted by atomic mass is 10.0. The molecule has 0 unspecified atom stereocenters. The lowest BCUT2D eigenvalue weighted by Gasteiger charge is -2.03. The topological polar surface area (TPSA) is 67.8 Å². The first-order chi connectivity index (χ1) is 6.19. The van der Waals surface area contributed by atoms with E-state index in [0.717, 1.165) is 5.56 Å². The van der Waals surface area contributed by atoms with Crippen molar-refractivity contribution in [2.75, 3.05) is 0 Å². The number of aromatic hydroxyl groups is 1. The van der Waals surface area contributed by atoms with Gasteiger partial charge >= 0.3 is 0 Å². The third-order valence-electron chi connectivity index (χ3n) is 1.75. The highest BCUT2D eigenvalue weighted by atomic mass is 16.3. The standard InChI is InChI=1S/C10H8N2O/c1-7-4-8(6-12)9(2-3-11)10(13)5-7/h4-5,13H,2H2,1H3. The Morgan fingerprint density at radius 1 is 1.38 bits per heavy atom. The van der Waals surface area contributed by atoms with Crippen molar-refractivity contribution in [2.45, 2.75) is 13.3 Å². The quantitative estimate of drug-likeness (QED) is 0.700. The van der Waals surface area contributed by atoms with E-state index in [2.05, 4.69) is 0 Å². The van der Waals surface area contributed by atoms with Crippen molar-refractivity contribution in [3.05, 3.63) is 28.8 Å². The molecule has 0 radical (unpaired) electrons. The third kappa shape index (κ3) is 1.77. The lowest BCUT2D eigenvalue weighted by Crippen LogP contribution is -1.90. The summed E-state index contributed by atoms with van der Waals surface area (Å²) in [5.74, 6) is 0.0260. The van der Waals surface area contributed by atoms with Gasteiger partial charge in [-0.25, -0.2) is 0 Å². The molecule has 0 spiro atoms. The molecule has 0 saturated heterocycles. The molecule has 0 bridgehead atoms. The van der Waals surface area contributed by atoms with Crippen molar-refractivity contribution in [1.82, 2.24) is 0 Å². The van der Waals surface area contributed by atoms with Crippen LogP contribution < -0.4 is 0 Å². The largest absolute Gasteiger partial charge is 0.508 e. The first-order valence-corrected chi connectivity index (χ1v) is 3.78. The highest BCUT2D eigenvalue weighted by Crippen LogP contribution is 2.23. The van der Waals surface area contributed by atoms with Crippen LogP contribution in [0.2, 0.25) is 0 Å². The average molecular weight is 172 g/mol. The number of aryl methyl sites for hydroxylation is 1. The molecule has 0 aliphatic heterocycles. The Balaban J connectivity index is 3.34. The predicted molar refractivity (Wildman–Crippen MR) is 46.9 cm³/mol. The van der Waals surface area contributed by atoms with Crippen molar-refractivity contribution < 1.29 is 5.11 Å². The fourth-order valence-corrected chi connectivity index (χ4v) is 1.16. The van der Waals surface area contributed by atoms with Gasteiger partial charge in [-0.15, -0.1) is 0 Å². The Labute approximate surface area is 76.5 Å². The Morgan fingerprint density at radius 2 is 2.08 bits per heavy atom. The highest BCUT2D eigenvalue weighted by Gasteiger charge is 2.07. The van der Waals surface area contributed by atoms with Gasteiger partial charge in [0.1, 0.15) is 5.75 Å². The Kier molecular flexibility index (Phi) is 2.52. The van der Waals surface area contributed by atoms with Crippen LogP contribution in [0.5, 0.6) is 5.75 Å². The molecule has 1 aromatic rings. The van der Waals surface area contributed by atoms with E-state index in [1.54, 1.807) is 19.1 Å². The molecule has 1 aromatic carbocycles. The molecule has 3 heteroatoms. The molecule has 0 aromatic heterocycles. The first-order valence-electron chi connectivity index (χ1n) is 3.78. The SMILES string of the molecule is Cc1cc(O)c(CC#N)c(C#N)c1. The number of nitriles is 2. The minimum absolute atomic E-state index is 0.0260. The van der Waals surface area contributed by atoms with E-state index in [-0.39, 0.29) is 12.2 Å². The molecule has 0 atom stereocenters. The van der Waals surface area contributed by atoms with E-state index in [4.69, 9.17) is 10.5 Å². The maximum atomic E-state index is 9.43. The van der Waals surface area contributed by atoms with Crippen LogP contribution in [0.15, 0.2) is 12.1 Å². The molecule has 0 saturated carbocycles. The normalized spacial score (nSPS) is 8.85. The minimum Gasteiger partial charge on any atom is -0.508 e. The number of nitrogens with zero attached hydrogens (tertiary/aromatic N) is 2. The molecule has 64 valence electrons. The van der Waals surface area contributed by atoms with E-state index in [1.807, 2.05) is 12.1 Å². The fraction of sp³-hybridized carbons (Fsp3) is 0.200. The van der Waals surface area contributed by atoms with Crippen molar-refractivity contribution >= 4 is 0 Å². The van der Waals surface area contributed by atoms with E-state index in [1.165, 1.54) is 0 Å². The third-order valence-corrected chi connectivity index (χ3v) is 1.75. The summed E-state index contributed by atoms with van der Waals surface area (Å²) in [5, 5.41) is 26.6. The maximum absolute atomic E-state index is 9.43. The molecule has 3 nitrogen and oxygen atoms in total. The Bertz CT molecular complexity index is 410. The van der Waals surface area contributed by atoms with Gasteiger partial charge in [0.2, 0.25) is 0 Å². The highest BCUT2D eigenvalue weighted by molar-refractivity contribution is 5.49. The van der Waals surface area contributed by atoms with Crippen molar-refractivity contribution in [1.29, 1.82) is 10.5 Å². The van der Waals surface area contributed by atoms with Crippen molar-refractivity contribution in [2.24, 2.45) is 0 Å². The number of benzene rings is 1. The first kappa shape index (κ1) is 9.09. The van der Waals surface area contributed by atoms with Crippen LogP contribution in [0.4, 0.5) is 0 Å². The zero-order chi connectivity index (χ0) is 9.84. The van der Waals surface area contributed by atoms with E-state index < -0.39 is 0 Å². The average Bonchev–Trinajstić information content (AvgIpc) is 2.09. The number of hydrogen-bond acceptors (Lipinski definition) is 3. The van der Waals surface area contributed by atoms with Crippen LogP contribution in [0.25, 0.3) is 0 Å². The summed E-state index contributed by atoms with van der Waals surface area (Å²) in [5.41, 5.74) is 1.60. The molecule has 0 amide bonds. The molecule has 13 heavy (non-hydrogen) atoms. The van der Waals surface area contributed by atoms with Gasteiger partial charge in [0.15, 0.2) is 0 Å². The minimum atomic E-state index is 0.0260. The number of phenols is 1. The molecule has 1 N–H and O–H groups in total. The van der Waals surface area contributed by atoms with Crippen LogP contribution in [-0.2, 0) is 6.42 Å². The molecule has 0 heterocycles. The summed E-state index contributed by atoms with van der Waals surface area (Å²) < 4.78 is 0. The predicted octanol–water partition coefficient (Wildman–Crippen LogP) is 1.64. The van der Waals surface area contributed by atoms with Gasteiger partial charge in [0, 0.05) is 5.56 Å². The molecular weight excluding hydrogens is 164 g/mol. The van der Waals surface area contributed by atoms with Gasteiger partial charge in [0.05, 0.1) is 24.1 Å². The summed E-state index contributed by atoms with van der Waals surface area (Å²) in [6.45, 7) is 1.79. The van der Waals surface area contributed by atoms with E-state index in [0.29, 0.717) is 11.1 Å². The van der Waals surface area contributed by atoms with Crippen LogP contribution in [0.1, 0.15) is 16.7 Å². The van der Waals surface area contributed by atoms with Crippen LogP contribution in [-0.4, -0.2) is 5.11 Å². The Morgan fingerprint density at radius 3 is 2.62 bits per heavy atom. The lowest BCUT2D eigenvalue weighted by molar-refractivity contribution is 0.469. The summed E-state index contributed by atoms with van der Waals surface area (Å²) in [4.78, 5) is 0. The van der Waals surface area contributed by atoms with Gasteiger partial charge in [-0.3, -0.25) is 0 Å². The van der Waals surface area contributed by atoms with Gasteiger partial charge in [-0.1, -0.05) is 0 Å².